The first-order valence-electron chi connectivity index (χ1n) is 7.14. The van der Waals surface area contributed by atoms with Crippen molar-refractivity contribution in [2.24, 2.45) is 11.0 Å². The monoisotopic (exact) mass is 275 g/mol. The molecule has 0 saturated carbocycles. The van der Waals surface area contributed by atoms with Gasteiger partial charge in [0, 0.05) is 31.1 Å². The van der Waals surface area contributed by atoms with Crippen molar-refractivity contribution in [3.05, 3.63) is 23.8 Å². The van der Waals surface area contributed by atoms with E-state index in [-0.39, 0.29) is 11.8 Å². The predicted molar refractivity (Wildman–Crippen MR) is 78.2 cm³/mol. The van der Waals surface area contributed by atoms with Crippen LogP contribution >= 0.6 is 0 Å². The van der Waals surface area contributed by atoms with Crippen LogP contribution in [0.2, 0.25) is 0 Å². The Hall–Kier alpha value is -1.75. The average Bonchev–Trinajstić information content (AvgIpc) is 2.90. The summed E-state index contributed by atoms with van der Waals surface area (Å²) in [4.78, 5) is 2.46. The normalized spacial score (nSPS) is 25.8. The smallest absolute Gasteiger partial charge is 0.160 e. The van der Waals surface area contributed by atoms with Crippen molar-refractivity contribution in [1.82, 2.24) is 10.3 Å². The SMILES string of the molecule is CCN1CCC2=NNC(c3ccc(O)c(OC)c3)C2C1. The van der Waals surface area contributed by atoms with Crippen LogP contribution in [-0.2, 0) is 0 Å². The molecule has 0 aromatic heterocycles. The van der Waals surface area contributed by atoms with Gasteiger partial charge in [0.05, 0.1) is 13.2 Å². The molecule has 20 heavy (non-hydrogen) atoms. The van der Waals surface area contributed by atoms with Crippen LogP contribution in [0.5, 0.6) is 11.5 Å². The number of nitrogens with zero attached hydrogens (tertiary/aromatic N) is 2. The number of benzene rings is 1. The molecular weight excluding hydrogens is 254 g/mol. The molecule has 2 heterocycles. The molecule has 0 amide bonds. The third-order valence-electron chi connectivity index (χ3n) is 4.33. The van der Waals surface area contributed by atoms with Gasteiger partial charge in [0.2, 0.25) is 0 Å². The maximum atomic E-state index is 9.71. The molecule has 2 atom stereocenters. The topological polar surface area (TPSA) is 57.1 Å². The molecule has 0 radical (unpaired) electrons. The van der Waals surface area contributed by atoms with Gasteiger partial charge in [-0.3, -0.25) is 0 Å². The maximum absolute atomic E-state index is 9.71. The van der Waals surface area contributed by atoms with Crippen LogP contribution in [0, 0.1) is 5.92 Å². The van der Waals surface area contributed by atoms with E-state index in [9.17, 15) is 5.11 Å². The van der Waals surface area contributed by atoms with Crippen LogP contribution in [0.4, 0.5) is 0 Å². The Balaban J connectivity index is 1.84. The number of ether oxygens (including phenoxy) is 1. The van der Waals surface area contributed by atoms with Gasteiger partial charge in [-0.05, 0) is 24.2 Å². The van der Waals surface area contributed by atoms with Crippen LogP contribution in [0.25, 0.3) is 0 Å². The number of hydrazone groups is 1. The molecule has 2 N–H and O–H groups in total. The molecule has 5 nitrogen and oxygen atoms in total. The van der Waals surface area contributed by atoms with Gasteiger partial charge < -0.3 is 20.2 Å². The Kier molecular flexibility index (Phi) is 3.53. The number of aromatic hydroxyl groups is 1. The maximum Gasteiger partial charge on any atom is 0.160 e. The lowest BCUT2D eigenvalue weighted by Crippen LogP contribution is -2.41. The second-order valence-corrected chi connectivity index (χ2v) is 5.39. The summed E-state index contributed by atoms with van der Waals surface area (Å²) < 4.78 is 5.20. The first-order chi connectivity index (χ1) is 9.72. The summed E-state index contributed by atoms with van der Waals surface area (Å²) in [5, 5.41) is 14.2. The number of piperidine rings is 1. The zero-order valence-electron chi connectivity index (χ0n) is 12.0. The third kappa shape index (κ3) is 2.22. The summed E-state index contributed by atoms with van der Waals surface area (Å²) in [6, 6.07) is 5.71. The van der Waals surface area contributed by atoms with Crippen molar-refractivity contribution < 1.29 is 9.84 Å². The molecule has 2 aliphatic rings. The fraction of sp³-hybridized carbons (Fsp3) is 0.533. The van der Waals surface area contributed by atoms with Crippen molar-refractivity contribution >= 4 is 5.71 Å². The lowest BCUT2D eigenvalue weighted by Gasteiger charge is -2.32. The Morgan fingerprint density at radius 1 is 1.50 bits per heavy atom. The van der Waals surface area contributed by atoms with Gasteiger partial charge in [0.15, 0.2) is 11.5 Å². The number of likely N-dealkylation sites (tertiary alicyclic amines) is 1. The lowest BCUT2D eigenvalue weighted by molar-refractivity contribution is 0.238. The molecule has 0 aliphatic carbocycles. The number of phenols is 1. The number of phenolic OH excluding ortho intramolecular Hbond substituents is 1. The van der Waals surface area contributed by atoms with Gasteiger partial charge in [-0.2, -0.15) is 5.10 Å². The average molecular weight is 275 g/mol. The number of hydrogen-bond donors (Lipinski definition) is 2. The van der Waals surface area contributed by atoms with E-state index in [4.69, 9.17) is 4.74 Å². The zero-order valence-corrected chi connectivity index (χ0v) is 12.0. The molecule has 2 unspecified atom stereocenters. The molecule has 3 rings (SSSR count). The number of rotatable bonds is 3. The molecule has 1 aromatic rings. The number of nitrogens with one attached hydrogen (secondary N) is 1. The first kappa shape index (κ1) is 13.2. The summed E-state index contributed by atoms with van der Waals surface area (Å²) in [5.41, 5.74) is 5.64. The van der Waals surface area contributed by atoms with Crippen molar-refractivity contribution in [3.63, 3.8) is 0 Å². The Morgan fingerprint density at radius 3 is 3.10 bits per heavy atom. The van der Waals surface area contributed by atoms with E-state index in [1.165, 1.54) is 5.71 Å². The molecular formula is C15H21N3O2. The second-order valence-electron chi connectivity index (χ2n) is 5.39. The van der Waals surface area contributed by atoms with Crippen molar-refractivity contribution in [3.8, 4) is 11.5 Å². The Morgan fingerprint density at radius 2 is 2.35 bits per heavy atom. The van der Waals surface area contributed by atoms with Crippen molar-refractivity contribution in [2.45, 2.75) is 19.4 Å². The van der Waals surface area contributed by atoms with E-state index >= 15 is 0 Å². The van der Waals surface area contributed by atoms with Gasteiger partial charge in [-0.1, -0.05) is 13.0 Å². The molecule has 0 bridgehead atoms. The van der Waals surface area contributed by atoms with E-state index in [1.807, 2.05) is 12.1 Å². The minimum atomic E-state index is 0.175. The van der Waals surface area contributed by atoms with Gasteiger partial charge in [0.25, 0.3) is 0 Å². The molecule has 1 fully saturated rings. The lowest BCUT2D eigenvalue weighted by atomic mass is 9.86. The van der Waals surface area contributed by atoms with Crippen LogP contribution in [-0.4, -0.2) is 42.5 Å². The molecule has 108 valence electrons. The highest BCUT2D eigenvalue weighted by Gasteiger charge is 2.36. The zero-order chi connectivity index (χ0) is 14.1. The second kappa shape index (κ2) is 5.32. The quantitative estimate of drug-likeness (QED) is 0.882. The minimum Gasteiger partial charge on any atom is -0.504 e. The minimum absolute atomic E-state index is 0.175. The van der Waals surface area contributed by atoms with Crippen molar-refractivity contribution in [1.29, 1.82) is 0 Å². The van der Waals surface area contributed by atoms with E-state index < -0.39 is 0 Å². The van der Waals surface area contributed by atoms with Crippen molar-refractivity contribution in [2.75, 3.05) is 26.7 Å². The fourth-order valence-corrected chi connectivity index (χ4v) is 3.09. The standard InChI is InChI=1S/C15H21N3O2/c1-3-18-7-6-12-11(9-18)15(17-16-12)10-4-5-13(19)14(8-10)20-2/h4-5,8,11,15,17,19H,3,6-7,9H2,1-2H3. The molecule has 1 saturated heterocycles. The Labute approximate surface area is 119 Å². The molecule has 0 spiro atoms. The highest BCUT2D eigenvalue weighted by atomic mass is 16.5. The van der Waals surface area contributed by atoms with Crippen LogP contribution < -0.4 is 10.2 Å². The van der Waals surface area contributed by atoms with Gasteiger partial charge >= 0.3 is 0 Å². The molecule has 5 heteroatoms. The third-order valence-corrected chi connectivity index (χ3v) is 4.33. The number of fused-ring (bicyclic) bond motifs is 1. The van der Waals surface area contributed by atoms with Crippen LogP contribution in [0.1, 0.15) is 24.9 Å². The van der Waals surface area contributed by atoms with Crippen LogP contribution in [0.3, 0.4) is 0 Å². The summed E-state index contributed by atoms with van der Waals surface area (Å²) in [7, 11) is 1.57. The largest absolute Gasteiger partial charge is 0.504 e. The van der Waals surface area contributed by atoms with Gasteiger partial charge in [0.1, 0.15) is 0 Å². The molecule has 2 aliphatic heterocycles. The summed E-state index contributed by atoms with van der Waals surface area (Å²) >= 11 is 0. The summed E-state index contributed by atoms with van der Waals surface area (Å²) in [6.07, 6.45) is 1.04. The fourth-order valence-electron chi connectivity index (χ4n) is 3.09. The van der Waals surface area contributed by atoms with Crippen LogP contribution in [0.15, 0.2) is 23.3 Å². The summed E-state index contributed by atoms with van der Waals surface area (Å²) in [5.74, 6) is 1.10. The highest BCUT2D eigenvalue weighted by molar-refractivity contribution is 5.89. The number of hydrogen-bond acceptors (Lipinski definition) is 5. The summed E-state index contributed by atoms with van der Waals surface area (Å²) in [6.45, 7) is 5.41. The van der Waals surface area contributed by atoms with E-state index in [0.29, 0.717) is 11.7 Å². The predicted octanol–water partition coefficient (Wildman–Crippen LogP) is 1.74. The van der Waals surface area contributed by atoms with E-state index in [1.54, 1.807) is 13.2 Å². The van der Waals surface area contributed by atoms with Gasteiger partial charge in [-0.15, -0.1) is 0 Å². The van der Waals surface area contributed by atoms with Gasteiger partial charge in [-0.25, -0.2) is 0 Å². The van der Waals surface area contributed by atoms with E-state index in [0.717, 1.165) is 31.6 Å². The van der Waals surface area contributed by atoms with E-state index in [2.05, 4.69) is 22.4 Å². The molecule has 1 aromatic carbocycles. The Bertz CT molecular complexity index is 530. The first-order valence-corrected chi connectivity index (χ1v) is 7.14. The highest BCUT2D eigenvalue weighted by Crippen LogP contribution is 2.36. The number of methoxy groups -OCH3 is 1.